The highest BCUT2D eigenvalue weighted by molar-refractivity contribution is 5.74. The number of ether oxygens (including phenoxy) is 1. The summed E-state index contributed by atoms with van der Waals surface area (Å²) >= 11 is 0. The monoisotopic (exact) mass is 319 g/mol. The molecule has 1 aromatic heterocycles. The van der Waals surface area contributed by atoms with Crippen molar-refractivity contribution < 1.29 is 9.53 Å². The molecule has 7 heteroatoms. The normalized spacial score (nSPS) is 23.0. The van der Waals surface area contributed by atoms with Gasteiger partial charge in [-0.25, -0.2) is 9.78 Å². The summed E-state index contributed by atoms with van der Waals surface area (Å²) in [5, 5.41) is 0. The molecule has 0 N–H and O–H groups in total. The molecule has 1 unspecified atom stereocenters. The van der Waals surface area contributed by atoms with Crippen LogP contribution in [0.2, 0.25) is 0 Å². The molecule has 0 aliphatic carbocycles. The predicted molar refractivity (Wildman–Crippen MR) is 86.5 cm³/mol. The number of piperazine rings is 1. The maximum Gasteiger partial charge on any atom is 0.320 e. The largest absolute Gasteiger partial charge is 0.472 e. The predicted octanol–water partition coefficient (Wildman–Crippen LogP) is 0.996. The van der Waals surface area contributed by atoms with Gasteiger partial charge in [0.25, 0.3) is 0 Å². The minimum atomic E-state index is 0.00876. The number of nitrogens with zero attached hydrogens (tertiary/aromatic N) is 5. The molecule has 7 nitrogen and oxygen atoms in total. The van der Waals surface area contributed by atoms with Crippen molar-refractivity contribution in [2.45, 2.75) is 25.9 Å². The fraction of sp³-hybridized carbons (Fsp3) is 0.688. The average Bonchev–Trinajstić information content (AvgIpc) is 2.55. The van der Waals surface area contributed by atoms with E-state index in [1.165, 1.54) is 0 Å². The van der Waals surface area contributed by atoms with E-state index in [0.29, 0.717) is 18.2 Å². The standard InChI is InChI=1S/C16H25N5O2/c1-13-17-6-5-15(18-13)23-14-4-3-7-21(12-14)16(22)20-10-8-19(2)9-11-20/h5-6,14H,3-4,7-12H2,1-2H3. The molecule has 2 saturated heterocycles. The van der Waals surface area contributed by atoms with Gasteiger partial charge in [0.1, 0.15) is 11.9 Å². The summed E-state index contributed by atoms with van der Waals surface area (Å²) < 4.78 is 5.95. The quantitative estimate of drug-likeness (QED) is 0.814. The molecule has 2 aliphatic rings. The van der Waals surface area contributed by atoms with E-state index in [9.17, 15) is 4.79 Å². The smallest absolute Gasteiger partial charge is 0.320 e. The van der Waals surface area contributed by atoms with Gasteiger partial charge >= 0.3 is 6.03 Å². The number of hydrogen-bond acceptors (Lipinski definition) is 5. The summed E-state index contributed by atoms with van der Waals surface area (Å²) in [4.78, 5) is 27.2. The van der Waals surface area contributed by atoms with E-state index < -0.39 is 0 Å². The Morgan fingerprint density at radius 1 is 1.22 bits per heavy atom. The zero-order chi connectivity index (χ0) is 16.2. The molecular formula is C16H25N5O2. The van der Waals surface area contributed by atoms with Gasteiger partial charge in [0.15, 0.2) is 0 Å². The van der Waals surface area contributed by atoms with Gasteiger partial charge in [0, 0.05) is 45.0 Å². The van der Waals surface area contributed by atoms with E-state index in [2.05, 4.69) is 21.9 Å². The first-order valence-electron chi connectivity index (χ1n) is 8.30. The van der Waals surface area contributed by atoms with Crippen molar-refractivity contribution in [3.63, 3.8) is 0 Å². The average molecular weight is 319 g/mol. The van der Waals surface area contributed by atoms with Crippen LogP contribution in [0.15, 0.2) is 12.3 Å². The third-order valence-corrected chi connectivity index (χ3v) is 4.46. The maximum absolute atomic E-state index is 12.7. The Morgan fingerprint density at radius 2 is 2.00 bits per heavy atom. The van der Waals surface area contributed by atoms with Crippen molar-refractivity contribution in [3.05, 3.63) is 18.1 Å². The molecule has 3 rings (SSSR count). The maximum atomic E-state index is 12.7. The lowest BCUT2D eigenvalue weighted by Gasteiger charge is -2.39. The Bertz CT molecular complexity index is 545. The van der Waals surface area contributed by atoms with Crippen LogP contribution in [0.4, 0.5) is 4.79 Å². The van der Waals surface area contributed by atoms with Gasteiger partial charge in [-0.15, -0.1) is 0 Å². The minimum Gasteiger partial charge on any atom is -0.472 e. The number of likely N-dealkylation sites (tertiary alicyclic amines) is 1. The number of likely N-dealkylation sites (N-methyl/N-ethyl adjacent to an activating group) is 1. The molecular weight excluding hydrogens is 294 g/mol. The number of hydrogen-bond donors (Lipinski definition) is 0. The SMILES string of the molecule is Cc1nccc(OC2CCCN(C(=O)N3CCN(C)CC3)C2)n1. The van der Waals surface area contributed by atoms with E-state index >= 15 is 0 Å². The Balaban J connectivity index is 1.56. The number of amides is 2. The first-order chi connectivity index (χ1) is 11.1. The highest BCUT2D eigenvalue weighted by Gasteiger charge is 2.29. The number of aromatic nitrogens is 2. The Hall–Kier alpha value is -1.89. The highest BCUT2D eigenvalue weighted by atomic mass is 16.5. The second-order valence-electron chi connectivity index (χ2n) is 6.34. The highest BCUT2D eigenvalue weighted by Crippen LogP contribution is 2.18. The lowest BCUT2D eigenvalue weighted by atomic mass is 10.1. The van der Waals surface area contributed by atoms with Crippen LogP contribution < -0.4 is 4.74 Å². The Kier molecular flexibility index (Phi) is 4.95. The fourth-order valence-corrected chi connectivity index (χ4v) is 3.08. The molecule has 0 radical (unpaired) electrons. The molecule has 0 saturated carbocycles. The molecule has 126 valence electrons. The van der Waals surface area contributed by atoms with Crippen LogP contribution >= 0.6 is 0 Å². The number of piperidine rings is 1. The summed E-state index contributed by atoms with van der Waals surface area (Å²) in [5.74, 6) is 1.29. The van der Waals surface area contributed by atoms with Gasteiger partial charge in [-0.3, -0.25) is 0 Å². The second-order valence-corrected chi connectivity index (χ2v) is 6.34. The van der Waals surface area contributed by atoms with Crippen LogP contribution in [-0.4, -0.2) is 83.1 Å². The molecule has 1 atom stereocenters. The van der Waals surface area contributed by atoms with E-state index in [1.54, 1.807) is 12.3 Å². The molecule has 1 aromatic rings. The second kappa shape index (κ2) is 7.12. The van der Waals surface area contributed by atoms with E-state index in [0.717, 1.165) is 45.6 Å². The zero-order valence-corrected chi connectivity index (χ0v) is 13.9. The summed E-state index contributed by atoms with van der Waals surface area (Å²) in [6.45, 7) is 6.79. The van der Waals surface area contributed by atoms with Crippen LogP contribution in [0.25, 0.3) is 0 Å². The molecule has 0 spiro atoms. The van der Waals surface area contributed by atoms with Crippen molar-refractivity contribution in [3.8, 4) is 5.88 Å². The third kappa shape index (κ3) is 4.10. The van der Waals surface area contributed by atoms with Gasteiger partial charge in [0.2, 0.25) is 5.88 Å². The number of urea groups is 1. The molecule has 2 aliphatic heterocycles. The van der Waals surface area contributed by atoms with Crippen molar-refractivity contribution in [2.24, 2.45) is 0 Å². The van der Waals surface area contributed by atoms with E-state index in [1.807, 2.05) is 16.7 Å². The van der Waals surface area contributed by atoms with Gasteiger partial charge < -0.3 is 19.4 Å². The van der Waals surface area contributed by atoms with Crippen LogP contribution in [0.3, 0.4) is 0 Å². The minimum absolute atomic E-state index is 0.00876. The third-order valence-electron chi connectivity index (χ3n) is 4.46. The number of aryl methyl sites for hydroxylation is 1. The summed E-state index contributed by atoms with van der Waals surface area (Å²) in [7, 11) is 2.09. The summed E-state index contributed by atoms with van der Waals surface area (Å²) in [6.07, 6.45) is 3.63. The van der Waals surface area contributed by atoms with E-state index in [-0.39, 0.29) is 12.1 Å². The first-order valence-corrected chi connectivity index (χ1v) is 8.30. The number of rotatable bonds is 2. The first kappa shape index (κ1) is 16.0. The van der Waals surface area contributed by atoms with E-state index in [4.69, 9.17) is 4.74 Å². The molecule has 0 aromatic carbocycles. The molecule has 0 bridgehead atoms. The lowest BCUT2D eigenvalue weighted by Crippen LogP contribution is -2.54. The summed E-state index contributed by atoms with van der Waals surface area (Å²) in [5.41, 5.74) is 0. The molecule has 3 heterocycles. The zero-order valence-electron chi connectivity index (χ0n) is 13.9. The van der Waals surface area contributed by atoms with Crippen LogP contribution in [0, 0.1) is 6.92 Å². The topological polar surface area (TPSA) is 61.8 Å². The molecule has 2 fully saturated rings. The van der Waals surface area contributed by atoms with Crippen LogP contribution in [0.5, 0.6) is 5.88 Å². The number of carbonyl (C=O) groups excluding carboxylic acids is 1. The van der Waals surface area contributed by atoms with Gasteiger partial charge in [0.05, 0.1) is 6.54 Å². The van der Waals surface area contributed by atoms with Crippen LogP contribution in [0.1, 0.15) is 18.7 Å². The Labute approximate surface area is 137 Å². The van der Waals surface area contributed by atoms with Crippen molar-refractivity contribution in [1.29, 1.82) is 0 Å². The van der Waals surface area contributed by atoms with Crippen molar-refractivity contribution >= 4 is 6.03 Å². The summed E-state index contributed by atoms with van der Waals surface area (Å²) in [6, 6.07) is 1.92. The van der Waals surface area contributed by atoms with Crippen LogP contribution in [-0.2, 0) is 0 Å². The van der Waals surface area contributed by atoms with Gasteiger partial charge in [-0.1, -0.05) is 0 Å². The fourth-order valence-electron chi connectivity index (χ4n) is 3.08. The molecule has 23 heavy (non-hydrogen) atoms. The molecule has 2 amide bonds. The van der Waals surface area contributed by atoms with Crippen molar-refractivity contribution in [1.82, 2.24) is 24.7 Å². The van der Waals surface area contributed by atoms with Crippen molar-refractivity contribution in [2.75, 3.05) is 46.3 Å². The van der Waals surface area contributed by atoms with Gasteiger partial charge in [-0.2, -0.15) is 4.98 Å². The lowest BCUT2D eigenvalue weighted by molar-refractivity contribution is 0.0730. The number of carbonyl (C=O) groups is 1. The van der Waals surface area contributed by atoms with Gasteiger partial charge in [-0.05, 0) is 26.8 Å². The Morgan fingerprint density at radius 3 is 2.74 bits per heavy atom.